The summed E-state index contributed by atoms with van der Waals surface area (Å²) in [5, 5.41) is 3.02. The second kappa shape index (κ2) is 11.0. The molecule has 1 saturated heterocycles. The van der Waals surface area contributed by atoms with Gasteiger partial charge < -0.3 is 19.5 Å². The van der Waals surface area contributed by atoms with Crippen LogP contribution in [0.3, 0.4) is 0 Å². The van der Waals surface area contributed by atoms with Gasteiger partial charge in [-0.3, -0.25) is 4.90 Å². The van der Waals surface area contributed by atoms with Crippen molar-refractivity contribution in [3.05, 3.63) is 53.6 Å². The molecule has 1 fully saturated rings. The monoisotopic (exact) mass is 399 g/mol. The maximum atomic E-state index is 12.7. The van der Waals surface area contributed by atoms with Gasteiger partial charge >= 0.3 is 6.03 Å². The van der Waals surface area contributed by atoms with E-state index in [9.17, 15) is 4.79 Å². The van der Waals surface area contributed by atoms with E-state index in [0.29, 0.717) is 19.6 Å². The largest absolute Gasteiger partial charge is 0.379 e. The van der Waals surface area contributed by atoms with Crippen molar-refractivity contribution in [3.63, 3.8) is 0 Å². The molecule has 0 bridgehead atoms. The van der Waals surface area contributed by atoms with Crippen LogP contribution in [0.4, 0.5) is 4.79 Å². The average Bonchev–Trinajstić information content (AvgIpc) is 3.16. The number of morpholine rings is 1. The number of carbonyl (C=O) groups is 1. The quantitative estimate of drug-likeness (QED) is 0.704. The number of hydrogen-bond acceptors (Lipinski definition) is 4. The summed E-state index contributed by atoms with van der Waals surface area (Å²) in [5.41, 5.74) is 2.48. The Morgan fingerprint density at radius 1 is 1.31 bits per heavy atom. The van der Waals surface area contributed by atoms with E-state index in [-0.39, 0.29) is 6.03 Å². The molecule has 1 N–H and O–H groups in total. The highest BCUT2D eigenvalue weighted by Gasteiger charge is 2.18. The third kappa shape index (κ3) is 6.58. The van der Waals surface area contributed by atoms with Gasteiger partial charge in [0.25, 0.3) is 0 Å². The lowest BCUT2D eigenvalue weighted by Crippen LogP contribution is -2.46. The topological polar surface area (TPSA) is 62.6 Å². The fraction of sp³-hybridized carbons (Fsp3) is 0.545. The van der Waals surface area contributed by atoms with E-state index in [1.54, 1.807) is 0 Å². The molecule has 7 heteroatoms. The molecule has 1 aromatic carbocycles. The Hall–Kier alpha value is -2.38. The standard InChI is InChI=1S/C22H33N5O2/c1-3-7-24-22(28)27(11-10-25-12-14-29-15-13-25)18-21-23-8-9-26(21)17-20-6-4-5-19(2)16-20/h4-6,8-9,16H,3,7,10-15,17-18H2,1-2H3,(H,24,28). The van der Waals surface area contributed by atoms with Gasteiger partial charge in [0.2, 0.25) is 0 Å². The summed E-state index contributed by atoms with van der Waals surface area (Å²) in [6.45, 7) is 11.0. The number of benzene rings is 1. The predicted molar refractivity (Wildman–Crippen MR) is 114 cm³/mol. The van der Waals surface area contributed by atoms with Crippen molar-refractivity contribution in [1.82, 2.24) is 24.7 Å². The number of aromatic nitrogens is 2. The van der Waals surface area contributed by atoms with Gasteiger partial charge in [-0.1, -0.05) is 36.8 Å². The molecule has 1 aliphatic heterocycles. The van der Waals surface area contributed by atoms with E-state index in [4.69, 9.17) is 4.74 Å². The van der Waals surface area contributed by atoms with Gasteiger partial charge in [0, 0.05) is 51.7 Å². The fourth-order valence-corrected chi connectivity index (χ4v) is 3.50. The number of amides is 2. The van der Waals surface area contributed by atoms with Gasteiger partial charge in [0.1, 0.15) is 5.82 Å². The predicted octanol–water partition coefficient (Wildman–Crippen LogP) is 2.49. The molecule has 1 aliphatic rings. The third-order valence-corrected chi connectivity index (χ3v) is 5.17. The number of imidazole rings is 1. The lowest BCUT2D eigenvalue weighted by atomic mass is 10.1. The summed E-state index contributed by atoms with van der Waals surface area (Å²) in [5.74, 6) is 0.903. The highest BCUT2D eigenvalue weighted by atomic mass is 16.5. The SMILES string of the molecule is CCCNC(=O)N(CCN1CCOCC1)Cc1nccn1Cc1cccc(C)c1. The molecule has 7 nitrogen and oxygen atoms in total. The van der Waals surface area contributed by atoms with Gasteiger partial charge in [-0.25, -0.2) is 9.78 Å². The second-order valence-corrected chi connectivity index (χ2v) is 7.57. The van der Waals surface area contributed by atoms with Crippen LogP contribution in [0.25, 0.3) is 0 Å². The van der Waals surface area contributed by atoms with E-state index in [1.807, 2.05) is 17.3 Å². The third-order valence-electron chi connectivity index (χ3n) is 5.17. The number of urea groups is 1. The van der Waals surface area contributed by atoms with Crippen molar-refractivity contribution < 1.29 is 9.53 Å². The zero-order valence-electron chi connectivity index (χ0n) is 17.6. The fourth-order valence-electron chi connectivity index (χ4n) is 3.50. The lowest BCUT2D eigenvalue weighted by Gasteiger charge is -2.30. The Bertz CT molecular complexity index is 770. The molecule has 0 aliphatic carbocycles. The van der Waals surface area contributed by atoms with Crippen LogP contribution in [0.1, 0.15) is 30.3 Å². The van der Waals surface area contributed by atoms with Gasteiger partial charge in [-0.05, 0) is 18.9 Å². The smallest absolute Gasteiger partial charge is 0.317 e. The first-order chi connectivity index (χ1) is 14.2. The van der Waals surface area contributed by atoms with Crippen LogP contribution in [-0.2, 0) is 17.8 Å². The first-order valence-corrected chi connectivity index (χ1v) is 10.5. The zero-order chi connectivity index (χ0) is 20.5. The number of carbonyl (C=O) groups excluding carboxylic acids is 1. The van der Waals surface area contributed by atoms with E-state index in [0.717, 1.165) is 51.6 Å². The van der Waals surface area contributed by atoms with Crippen molar-refractivity contribution in [3.8, 4) is 0 Å². The molecule has 0 radical (unpaired) electrons. The van der Waals surface area contributed by atoms with Crippen LogP contribution in [0.2, 0.25) is 0 Å². The van der Waals surface area contributed by atoms with Crippen molar-refractivity contribution in [2.75, 3.05) is 45.9 Å². The first-order valence-electron chi connectivity index (χ1n) is 10.5. The number of rotatable bonds is 9. The Labute approximate surface area is 173 Å². The Morgan fingerprint density at radius 2 is 2.14 bits per heavy atom. The molecule has 0 atom stereocenters. The van der Waals surface area contributed by atoms with Gasteiger partial charge in [0.05, 0.1) is 19.8 Å². The van der Waals surface area contributed by atoms with Crippen LogP contribution < -0.4 is 5.32 Å². The van der Waals surface area contributed by atoms with E-state index in [1.165, 1.54) is 11.1 Å². The van der Waals surface area contributed by atoms with E-state index in [2.05, 4.69) is 57.9 Å². The van der Waals surface area contributed by atoms with Crippen molar-refractivity contribution in [2.45, 2.75) is 33.4 Å². The highest BCUT2D eigenvalue weighted by molar-refractivity contribution is 5.74. The minimum atomic E-state index is -0.0229. The molecule has 1 aromatic heterocycles. The van der Waals surface area contributed by atoms with Crippen molar-refractivity contribution in [1.29, 1.82) is 0 Å². The normalized spacial score (nSPS) is 14.7. The van der Waals surface area contributed by atoms with E-state index >= 15 is 0 Å². The second-order valence-electron chi connectivity index (χ2n) is 7.57. The summed E-state index contributed by atoms with van der Waals surface area (Å²) in [6.07, 6.45) is 4.72. The van der Waals surface area contributed by atoms with Gasteiger partial charge in [0.15, 0.2) is 0 Å². The number of nitrogens with zero attached hydrogens (tertiary/aromatic N) is 4. The summed E-state index contributed by atoms with van der Waals surface area (Å²) in [4.78, 5) is 21.5. The van der Waals surface area contributed by atoms with Gasteiger partial charge in [-0.2, -0.15) is 0 Å². The minimum Gasteiger partial charge on any atom is -0.379 e. The van der Waals surface area contributed by atoms with Crippen molar-refractivity contribution >= 4 is 6.03 Å². The van der Waals surface area contributed by atoms with Crippen LogP contribution in [0.5, 0.6) is 0 Å². The summed E-state index contributed by atoms with van der Waals surface area (Å²) < 4.78 is 7.55. The van der Waals surface area contributed by atoms with Crippen molar-refractivity contribution in [2.24, 2.45) is 0 Å². The molecular formula is C22H33N5O2. The maximum Gasteiger partial charge on any atom is 0.317 e. The number of aryl methyl sites for hydroxylation is 1. The van der Waals surface area contributed by atoms with Crippen LogP contribution in [-0.4, -0.2) is 71.3 Å². The molecule has 3 rings (SSSR count). The zero-order valence-corrected chi connectivity index (χ0v) is 17.6. The summed E-state index contributed by atoms with van der Waals surface area (Å²) >= 11 is 0. The molecule has 158 valence electrons. The van der Waals surface area contributed by atoms with Gasteiger partial charge in [-0.15, -0.1) is 0 Å². The average molecular weight is 400 g/mol. The van der Waals surface area contributed by atoms with E-state index < -0.39 is 0 Å². The molecular weight excluding hydrogens is 366 g/mol. The number of hydrogen-bond donors (Lipinski definition) is 1. The Kier molecular flexibility index (Phi) is 8.07. The summed E-state index contributed by atoms with van der Waals surface area (Å²) in [7, 11) is 0. The lowest BCUT2D eigenvalue weighted by molar-refractivity contribution is 0.0345. The molecule has 2 heterocycles. The molecule has 29 heavy (non-hydrogen) atoms. The number of nitrogens with one attached hydrogen (secondary N) is 1. The minimum absolute atomic E-state index is 0.0229. The van der Waals surface area contributed by atoms with Crippen LogP contribution in [0.15, 0.2) is 36.7 Å². The summed E-state index contributed by atoms with van der Waals surface area (Å²) in [6, 6.07) is 8.47. The molecule has 2 amide bonds. The Morgan fingerprint density at radius 3 is 2.90 bits per heavy atom. The highest BCUT2D eigenvalue weighted by Crippen LogP contribution is 2.10. The molecule has 0 unspecified atom stereocenters. The van der Waals surface area contributed by atoms with Crippen LogP contribution >= 0.6 is 0 Å². The molecule has 0 spiro atoms. The first kappa shape index (κ1) is 21.3. The molecule has 0 saturated carbocycles. The molecule has 2 aromatic rings. The maximum absolute atomic E-state index is 12.7. The Balaban J connectivity index is 1.66. The number of ether oxygens (including phenoxy) is 1. The van der Waals surface area contributed by atoms with Crippen LogP contribution in [0, 0.1) is 6.92 Å².